The Hall–Kier alpha value is -1.44. The first-order valence-electron chi connectivity index (χ1n) is 6.64. The predicted octanol–water partition coefficient (Wildman–Crippen LogP) is 0.775. The molecular weight excluding hydrogens is 274 g/mol. The number of aliphatic hydroxyl groups is 1. The van der Waals surface area contributed by atoms with Crippen LogP contribution in [0.1, 0.15) is 6.42 Å². The lowest BCUT2D eigenvalue weighted by atomic mass is 10.2. The van der Waals surface area contributed by atoms with Gasteiger partial charge in [-0.15, -0.1) is 11.3 Å². The summed E-state index contributed by atoms with van der Waals surface area (Å²) in [5.74, 6) is 1.14. The summed E-state index contributed by atoms with van der Waals surface area (Å²) in [6.07, 6.45) is 0.443. The molecule has 7 heteroatoms. The van der Waals surface area contributed by atoms with E-state index in [1.54, 1.807) is 11.3 Å². The summed E-state index contributed by atoms with van der Waals surface area (Å²) in [6, 6.07) is 2.27. The molecule has 3 rings (SSSR count). The molecule has 1 saturated heterocycles. The van der Waals surface area contributed by atoms with Gasteiger partial charge in [-0.2, -0.15) is 4.98 Å². The topological polar surface area (TPSA) is 78.5 Å². The monoisotopic (exact) mass is 293 g/mol. The number of rotatable bonds is 3. The van der Waals surface area contributed by atoms with Gasteiger partial charge in [0.25, 0.3) is 0 Å². The Bertz CT molecular complexity index is 614. The Morgan fingerprint density at radius 1 is 1.50 bits per heavy atom. The van der Waals surface area contributed by atoms with Crippen molar-refractivity contribution in [3.8, 4) is 0 Å². The van der Waals surface area contributed by atoms with Gasteiger partial charge in [-0.1, -0.05) is 0 Å². The number of hydrogen-bond donors (Lipinski definition) is 2. The third kappa shape index (κ3) is 2.44. The van der Waals surface area contributed by atoms with Crippen LogP contribution in [0.15, 0.2) is 11.4 Å². The van der Waals surface area contributed by atoms with E-state index in [4.69, 9.17) is 5.73 Å². The van der Waals surface area contributed by atoms with E-state index >= 15 is 0 Å². The highest BCUT2D eigenvalue weighted by Crippen LogP contribution is 2.33. The quantitative estimate of drug-likeness (QED) is 0.870. The van der Waals surface area contributed by atoms with Gasteiger partial charge in [0.15, 0.2) is 0 Å². The van der Waals surface area contributed by atoms with Crippen LogP contribution in [0.4, 0.5) is 11.8 Å². The van der Waals surface area contributed by atoms with Gasteiger partial charge in [-0.05, 0) is 32.0 Å². The molecular formula is C13H19N5OS. The van der Waals surface area contributed by atoms with Gasteiger partial charge in [-0.25, -0.2) is 4.98 Å². The average molecular weight is 293 g/mol. The van der Waals surface area contributed by atoms with Crippen LogP contribution in [-0.2, 0) is 0 Å². The summed E-state index contributed by atoms with van der Waals surface area (Å²) in [5.41, 5.74) is 5.82. The van der Waals surface area contributed by atoms with E-state index in [1.165, 1.54) is 0 Å². The Kier molecular flexibility index (Phi) is 3.49. The first kappa shape index (κ1) is 13.5. The first-order chi connectivity index (χ1) is 9.54. The SMILES string of the molecule is CN(C)CC1CC(O)CN1c1nc(N)nc2sccc12. The molecule has 0 saturated carbocycles. The van der Waals surface area contributed by atoms with Crippen molar-refractivity contribution in [1.29, 1.82) is 0 Å². The van der Waals surface area contributed by atoms with Gasteiger partial charge in [0.05, 0.1) is 11.5 Å². The van der Waals surface area contributed by atoms with Gasteiger partial charge in [0, 0.05) is 19.1 Å². The molecule has 6 nitrogen and oxygen atoms in total. The number of β-amino-alcohol motifs (C(OH)–C–C–N with tert-alkyl or cyclic N) is 1. The smallest absolute Gasteiger partial charge is 0.223 e. The molecule has 1 aliphatic rings. The Labute approximate surface area is 121 Å². The highest BCUT2D eigenvalue weighted by atomic mass is 32.1. The lowest BCUT2D eigenvalue weighted by Crippen LogP contribution is -2.38. The molecule has 1 fully saturated rings. The van der Waals surface area contributed by atoms with E-state index in [1.807, 2.05) is 25.5 Å². The maximum Gasteiger partial charge on any atom is 0.223 e. The third-order valence-corrected chi connectivity index (χ3v) is 4.37. The number of thiophene rings is 1. The molecule has 20 heavy (non-hydrogen) atoms. The highest BCUT2D eigenvalue weighted by Gasteiger charge is 2.33. The number of nitrogens with zero attached hydrogens (tertiary/aromatic N) is 4. The summed E-state index contributed by atoms with van der Waals surface area (Å²) >= 11 is 1.56. The average Bonchev–Trinajstić information content (AvgIpc) is 2.94. The van der Waals surface area contributed by atoms with E-state index in [2.05, 4.69) is 19.8 Å². The zero-order valence-electron chi connectivity index (χ0n) is 11.7. The second-order valence-corrected chi connectivity index (χ2v) is 6.40. The Morgan fingerprint density at radius 3 is 3.05 bits per heavy atom. The lowest BCUT2D eigenvalue weighted by Gasteiger charge is -2.28. The van der Waals surface area contributed by atoms with Crippen molar-refractivity contribution >= 4 is 33.3 Å². The minimum absolute atomic E-state index is 0.248. The zero-order chi connectivity index (χ0) is 14.3. The van der Waals surface area contributed by atoms with Gasteiger partial charge < -0.3 is 20.6 Å². The number of fused-ring (bicyclic) bond motifs is 1. The first-order valence-corrected chi connectivity index (χ1v) is 7.52. The summed E-state index contributed by atoms with van der Waals surface area (Å²) in [6.45, 7) is 1.48. The van der Waals surface area contributed by atoms with Crippen LogP contribution in [0.2, 0.25) is 0 Å². The van der Waals surface area contributed by atoms with Crippen molar-refractivity contribution in [2.24, 2.45) is 0 Å². The number of aliphatic hydroxyl groups excluding tert-OH is 1. The van der Waals surface area contributed by atoms with Crippen LogP contribution >= 0.6 is 11.3 Å². The van der Waals surface area contributed by atoms with Crippen molar-refractivity contribution in [1.82, 2.24) is 14.9 Å². The number of aromatic nitrogens is 2. The predicted molar refractivity (Wildman–Crippen MR) is 82.1 cm³/mol. The molecule has 0 bridgehead atoms. The summed E-state index contributed by atoms with van der Waals surface area (Å²) in [7, 11) is 4.08. The largest absolute Gasteiger partial charge is 0.391 e. The van der Waals surface area contributed by atoms with Crippen molar-refractivity contribution in [2.45, 2.75) is 18.6 Å². The molecule has 0 aliphatic carbocycles. The molecule has 1 aliphatic heterocycles. The Balaban J connectivity index is 2.02. The van der Waals surface area contributed by atoms with E-state index < -0.39 is 0 Å². The highest BCUT2D eigenvalue weighted by molar-refractivity contribution is 7.16. The van der Waals surface area contributed by atoms with Gasteiger partial charge in [0.2, 0.25) is 5.95 Å². The van der Waals surface area contributed by atoms with E-state index in [0.29, 0.717) is 12.5 Å². The minimum atomic E-state index is -0.315. The van der Waals surface area contributed by atoms with Gasteiger partial charge in [-0.3, -0.25) is 0 Å². The maximum atomic E-state index is 10.0. The third-order valence-electron chi connectivity index (χ3n) is 3.56. The summed E-state index contributed by atoms with van der Waals surface area (Å²) in [5, 5.41) is 13.0. The molecule has 0 radical (unpaired) electrons. The van der Waals surface area contributed by atoms with Crippen molar-refractivity contribution < 1.29 is 5.11 Å². The molecule has 2 aromatic rings. The van der Waals surface area contributed by atoms with Crippen LogP contribution in [0.5, 0.6) is 0 Å². The molecule has 2 unspecified atom stereocenters. The second kappa shape index (κ2) is 5.16. The lowest BCUT2D eigenvalue weighted by molar-refractivity contribution is 0.191. The molecule has 0 spiro atoms. The molecule has 3 heterocycles. The molecule has 0 amide bonds. The van der Waals surface area contributed by atoms with E-state index in [9.17, 15) is 5.11 Å². The van der Waals surface area contributed by atoms with Crippen LogP contribution < -0.4 is 10.6 Å². The van der Waals surface area contributed by atoms with Crippen molar-refractivity contribution in [3.63, 3.8) is 0 Å². The standard InChI is InChI=1S/C13H19N5OS/c1-17(2)6-8-5-9(19)7-18(8)11-10-3-4-20-12(10)16-13(14)15-11/h3-4,8-9,19H,5-7H2,1-2H3,(H2,14,15,16). The number of anilines is 2. The molecule has 2 atom stereocenters. The normalized spacial score (nSPS) is 23.1. The summed E-state index contributed by atoms with van der Waals surface area (Å²) < 4.78 is 0. The van der Waals surface area contributed by atoms with Crippen LogP contribution in [-0.4, -0.2) is 59.3 Å². The summed E-state index contributed by atoms with van der Waals surface area (Å²) in [4.78, 5) is 13.9. The molecule has 2 aromatic heterocycles. The number of hydrogen-bond acceptors (Lipinski definition) is 7. The number of likely N-dealkylation sites (N-methyl/N-ethyl adjacent to an activating group) is 1. The van der Waals surface area contributed by atoms with Crippen molar-refractivity contribution in [2.75, 3.05) is 37.8 Å². The zero-order valence-corrected chi connectivity index (χ0v) is 12.5. The fourth-order valence-corrected chi connectivity index (χ4v) is 3.59. The van der Waals surface area contributed by atoms with Crippen molar-refractivity contribution in [3.05, 3.63) is 11.4 Å². The fourth-order valence-electron chi connectivity index (χ4n) is 2.82. The molecule has 108 valence electrons. The van der Waals surface area contributed by atoms with Gasteiger partial charge >= 0.3 is 0 Å². The van der Waals surface area contributed by atoms with Gasteiger partial charge in [0.1, 0.15) is 10.6 Å². The van der Waals surface area contributed by atoms with Crippen LogP contribution in [0, 0.1) is 0 Å². The van der Waals surface area contributed by atoms with E-state index in [0.717, 1.165) is 29.0 Å². The van der Waals surface area contributed by atoms with Crippen LogP contribution in [0.25, 0.3) is 10.2 Å². The minimum Gasteiger partial charge on any atom is -0.391 e. The fraction of sp³-hybridized carbons (Fsp3) is 0.538. The number of nitrogens with two attached hydrogens (primary N) is 1. The second-order valence-electron chi connectivity index (χ2n) is 5.50. The van der Waals surface area contributed by atoms with E-state index in [-0.39, 0.29) is 12.1 Å². The number of nitrogen functional groups attached to an aromatic ring is 1. The molecule has 0 aromatic carbocycles. The maximum absolute atomic E-state index is 10.0. The van der Waals surface area contributed by atoms with Crippen LogP contribution in [0.3, 0.4) is 0 Å². The Morgan fingerprint density at radius 2 is 2.30 bits per heavy atom. The molecule has 3 N–H and O–H groups in total.